The highest BCUT2D eigenvalue weighted by atomic mass is 19.1. The third-order valence-electron chi connectivity index (χ3n) is 3.29. The average molecular weight is 321 g/mol. The van der Waals surface area contributed by atoms with E-state index < -0.39 is 17.7 Å². The number of H-pyrrole nitrogens is 1. The number of urea groups is 1. The van der Waals surface area contributed by atoms with Gasteiger partial charge in [0.25, 0.3) is 5.56 Å². The quantitative estimate of drug-likeness (QED) is 0.808. The number of halogens is 2. The molecule has 2 amide bonds. The summed E-state index contributed by atoms with van der Waals surface area (Å²) in [7, 11) is 0. The lowest BCUT2D eigenvalue weighted by atomic mass is 10.1. The Morgan fingerprint density at radius 1 is 1.04 bits per heavy atom. The van der Waals surface area contributed by atoms with Crippen LogP contribution in [-0.4, -0.2) is 11.0 Å². The van der Waals surface area contributed by atoms with Crippen molar-refractivity contribution in [3.8, 4) is 0 Å². The number of benzene rings is 1. The number of amides is 2. The minimum Gasteiger partial charge on any atom is -0.334 e. The molecule has 0 bridgehead atoms. The number of rotatable bonds is 4. The van der Waals surface area contributed by atoms with Crippen molar-refractivity contribution in [2.75, 3.05) is 0 Å². The molecule has 122 valence electrons. The molecule has 1 aromatic heterocycles. The molecule has 0 saturated carbocycles. The standard InChI is InChI=1S/C16H17F2N3O2/c1-9-3-10(2)21-15(22)14(9)8-20-16(23)19-7-11-4-12(17)6-13(18)5-11/h3-6H,7-8H2,1-2H3,(H,21,22)(H2,19,20,23). The monoisotopic (exact) mass is 321 g/mol. The maximum atomic E-state index is 13.0. The van der Waals surface area contributed by atoms with E-state index >= 15 is 0 Å². The maximum absolute atomic E-state index is 13.0. The van der Waals surface area contributed by atoms with Crippen molar-refractivity contribution in [1.82, 2.24) is 15.6 Å². The van der Waals surface area contributed by atoms with Gasteiger partial charge in [0.05, 0.1) is 6.54 Å². The molecule has 3 N–H and O–H groups in total. The second-order valence-electron chi connectivity index (χ2n) is 5.26. The summed E-state index contributed by atoms with van der Waals surface area (Å²) in [5, 5.41) is 5.02. The number of hydrogen-bond acceptors (Lipinski definition) is 2. The summed E-state index contributed by atoms with van der Waals surface area (Å²) in [6, 6.07) is 4.31. The van der Waals surface area contributed by atoms with Crippen molar-refractivity contribution < 1.29 is 13.6 Å². The van der Waals surface area contributed by atoms with Crippen LogP contribution in [-0.2, 0) is 13.1 Å². The van der Waals surface area contributed by atoms with Gasteiger partial charge in [-0.15, -0.1) is 0 Å². The first-order valence-electron chi connectivity index (χ1n) is 7.01. The van der Waals surface area contributed by atoms with Gasteiger partial charge in [0.15, 0.2) is 0 Å². The number of carbonyl (C=O) groups is 1. The van der Waals surface area contributed by atoms with Crippen molar-refractivity contribution in [2.45, 2.75) is 26.9 Å². The zero-order valence-corrected chi connectivity index (χ0v) is 12.8. The van der Waals surface area contributed by atoms with E-state index in [1.165, 1.54) is 0 Å². The predicted octanol–water partition coefficient (Wildman–Crippen LogP) is 2.27. The van der Waals surface area contributed by atoms with E-state index in [9.17, 15) is 18.4 Å². The Bertz CT molecular complexity index is 767. The number of carbonyl (C=O) groups excluding carboxylic acids is 1. The maximum Gasteiger partial charge on any atom is 0.315 e. The third-order valence-corrected chi connectivity index (χ3v) is 3.29. The molecular weight excluding hydrogens is 304 g/mol. The lowest BCUT2D eigenvalue weighted by Crippen LogP contribution is -2.36. The first kappa shape index (κ1) is 16.7. The third kappa shape index (κ3) is 4.64. The van der Waals surface area contributed by atoms with Gasteiger partial charge in [0.2, 0.25) is 0 Å². The minimum absolute atomic E-state index is 0.0241. The summed E-state index contributed by atoms with van der Waals surface area (Å²) in [6.07, 6.45) is 0. The van der Waals surface area contributed by atoms with Gasteiger partial charge in [-0.1, -0.05) is 0 Å². The topological polar surface area (TPSA) is 74.0 Å². The number of aryl methyl sites for hydroxylation is 2. The van der Waals surface area contributed by atoms with Gasteiger partial charge in [-0.25, -0.2) is 13.6 Å². The number of nitrogens with one attached hydrogen (secondary N) is 3. The lowest BCUT2D eigenvalue weighted by molar-refractivity contribution is 0.240. The first-order valence-corrected chi connectivity index (χ1v) is 7.01. The number of aromatic nitrogens is 1. The van der Waals surface area contributed by atoms with Crippen molar-refractivity contribution in [3.05, 3.63) is 68.6 Å². The van der Waals surface area contributed by atoms with Crippen molar-refractivity contribution in [1.29, 1.82) is 0 Å². The number of aromatic amines is 1. The normalized spacial score (nSPS) is 10.4. The molecule has 0 aliphatic carbocycles. The van der Waals surface area contributed by atoms with Crippen LogP contribution in [0, 0.1) is 25.5 Å². The van der Waals surface area contributed by atoms with Crippen molar-refractivity contribution in [3.63, 3.8) is 0 Å². The van der Waals surface area contributed by atoms with E-state index in [2.05, 4.69) is 15.6 Å². The summed E-state index contributed by atoms with van der Waals surface area (Å²) in [4.78, 5) is 26.2. The fourth-order valence-electron chi connectivity index (χ4n) is 2.23. The molecule has 0 aliphatic rings. The molecule has 0 saturated heterocycles. The SMILES string of the molecule is Cc1cc(C)c(CNC(=O)NCc2cc(F)cc(F)c2)c(=O)[nH]1. The highest BCUT2D eigenvalue weighted by molar-refractivity contribution is 5.73. The van der Waals surface area contributed by atoms with Gasteiger partial charge >= 0.3 is 6.03 Å². The zero-order chi connectivity index (χ0) is 17.0. The van der Waals surface area contributed by atoms with Crippen LogP contribution in [0.15, 0.2) is 29.1 Å². The largest absolute Gasteiger partial charge is 0.334 e. The molecule has 0 aliphatic heterocycles. The summed E-state index contributed by atoms with van der Waals surface area (Å²) in [6.45, 7) is 3.59. The van der Waals surface area contributed by atoms with Crippen LogP contribution in [0.5, 0.6) is 0 Å². The van der Waals surface area contributed by atoms with Crippen molar-refractivity contribution >= 4 is 6.03 Å². The van der Waals surface area contributed by atoms with Crippen LogP contribution in [0.4, 0.5) is 13.6 Å². The summed E-state index contributed by atoms with van der Waals surface area (Å²) < 4.78 is 26.1. The van der Waals surface area contributed by atoms with Gasteiger partial charge in [-0.05, 0) is 43.2 Å². The molecular formula is C16H17F2N3O2. The summed E-state index contributed by atoms with van der Waals surface area (Å²) in [5.41, 5.74) is 2.03. The van der Waals surface area contributed by atoms with Crippen LogP contribution in [0.2, 0.25) is 0 Å². The van der Waals surface area contributed by atoms with E-state index in [-0.39, 0.29) is 18.6 Å². The molecule has 23 heavy (non-hydrogen) atoms. The molecule has 0 atom stereocenters. The highest BCUT2D eigenvalue weighted by Crippen LogP contribution is 2.07. The zero-order valence-electron chi connectivity index (χ0n) is 12.8. The molecule has 5 nitrogen and oxygen atoms in total. The number of pyridine rings is 1. The Morgan fingerprint density at radius 3 is 2.26 bits per heavy atom. The number of hydrogen-bond donors (Lipinski definition) is 3. The van der Waals surface area contributed by atoms with E-state index in [0.29, 0.717) is 11.1 Å². The predicted molar refractivity (Wildman–Crippen MR) is 82.0 cm³/mol. The van der Waals surface area contributed by atoms with Crippen LogP contribution in [0.25, 0.3) is 0 Å². The molecule has 0 spiro atoms. The second kappa shape index (κ2) is 7.04. The average Bonchev–Trinajstić information content (AvgIpc) is 2.43. The van der Waals surface area contributed by atoms with Crippen LogP contribution in [0.3, 0.4) is 0 Å². The highest BCUT2D eigenvalue weighted by Gasteiger charge is 2.08. The minimum atomic E-state index is -0.705. The van der Waals surface area contributed by atoms with Gasteiger partial charge in [0, 0.05) is 23.9 Å². The Kier molecular flexibility index (Phi) is 5.10. The van der Waals surface area contributed by atoms with E-state index in [1.54, 1.807) is 13.8 Å². The van der Waals surface area contributed by atoms with Crippen LogP contribution >= 0.6 is 0 Å². The van der Waals surface area contributed by atoms with Gasteiger partial charge in [0.1, 0.15) is 11.6 Å². The lowest BCUT2D eigenvalue weighted by Gasteiger charge is -2.10. The summed E-state index contributed by atoms with van der Waals surface area (Å²) >= 11 is 0. The fourth-order valence-corrected chi connectivity index (χ4v) is 2.23. The van der Waals surface area contributed by atoms with Crippen LogP contribution in [0.1, 0.15) is 22.4 Å². The fraction of sp³-hybridized carbons (Fsp3) is 0.250. The molecule has 0 unspecified atom stereocenters. The Hall–Kier alpha value is -2.70. The first-order chi connectivity index (χ1) is 10.8. The van der Waals surface area contributed by atoms with E-state index in [4.69, 9.17) is 0 Å². The Balaban J connectivity index is 1.92. The molecule has 0 fully saturated rings. The molecule has 2 rings (SSSR count). The van der Waals surface area contributed by atoms with Gasteiger partial charge < -0.3 is 15.6 Å². The molecule has 1 heterocycles. The Labute approximate surface area is 131 Å². The molecule has 0 radical (unpaired) electrons. The van der Waals surface area contributed by atoms with Crippen molar-refractivity contribution in [2.24, 2.45) is 0 Å². The molecule has 7 heteroatoms. The van der Waals surface area contributed by atoms with Gasteiger partial charge in [-0.2, -0.15) is 0 Å². The smallest absolute Gasteiger partial charge is 0.315 e. The molecule has 2 aromatic rings. The Morgan fingerprint density at radius 2 is 1.65 bits per heavy atom. The van der Waals surface area contributed by atoms with Crippen LogP contribution < -0.4 is 16.2 Å². The van der Waals surface area contributed by atoms with Gasteiger partial charge in [-0.3, -0.25) is 4.79 Å². The molecule has 1 aromatic carbocycles. The summed E-state index contributed by atoms with van der Waals surface area (Å²) in [5.74, 6) is -1.41. The second-order valence-corrected chi connectivity index (χ2v) is 5.26. The van der Waals surface area contributed by atoms with E-state index in [0.717, 1.165) is 29.5 Å². The van der Waals surface area contributed by atoms with E-state index in [1.807, 2.05) is 6.07 Å².